The number of para-hydroxylation sites is 2. The molecule has 1 saturated heterocycles. The van der Waals surface area contributed by atoms with Crippen LogP contribution < -0.4 is 10.3 Å². The lowest BCUT2D eigenvalue weighted by molar-refractivity contribution is -0.0617. The largest absolute Gasteiger partial charge is 0.495 e. The molecule has 9 rings (SSSR count). The molecule has 0 unspecified atom stereocenters. The lowest BCUT2D eigenvalue weighted by atomic mass is 9.99. The van der Waals surface area contributed by atoms with E-state index in [1.165, 1.54) is 40.5 Å². The van der Waals surface area contributed by atoms with Crippen molar-refractivity contribution in [2.45, 2.75) is 24.5 Å². The summed E-state index contributed by atoms with van der Waals surface area (Å²) in [5.41, 5.74) is 1.81. The minimum Gasteiger partial charge on any atom is -0.495 e. The predicted molar refractivity (Wildman–Crippen MR) is 250 cm³/mol. The Bertz CT molecular complexity index is 3250. The van der Waals surface area contributed by atoms with Gasteiger partial charge in [-0.2, -0.15) is 0 Å². The molecule has 334 valence electrons. The molecule has 3 heterocycles. The summed E-state index contributed by atoms with van der Waals surface area (Å²) in [5, 5.41) is 0.459. The van der Waals surface area contributed by atoms with Crippen molar-refractivity contribution in [3.63, 3.8) is 0 Å². The smallest absolute Gasteiger partial charge is 0.338 e. The molecule has 0 aliphatic carbocycles. The van der Waals surface area contributed by atoms with Crippen molar-refractivity contribution in [2.75, 3.05) is 13.7 Å². The second-order valence-electron chi connectivity index (χ2n) is 15.2. The number of carbonyl (C=O) groups is 3. The van der Waals surface area contributed by atoms with E-state index in [4.69, 9.17) is 52.5 Å². The zero-order valence-corrected chi connectivity index (χ0v) is 36.9. The summed E-state index contributed by atoms with van der Waals surface area (Å²) in [6.45, 7) is -0.502. The highest BCUT2D eigenvalue weighted by Gasteiger charge is 2.52. The van der Waals surface area contributed by atoms with Crippen LogP contribution in [0.5, 0.6) is 5.75 Å². The van der Waals surface area contributed by atoms with Gasteiger partial charge in [0, 0.05) is 16.1 Å². The molecule has 4 atom stereocenters. The van der Waals surface area contributed by atoms with Crippen molar-refractivity contribution in [1.82, 2.24) is 14.1 Å². The minimum absolute atomic E-state index is 0.00245. The maximum atomic E-state index is 15.4. The molecule has 67 heavy (non-hydrogen) atoms. The molecule has 1 fully saturated rings. The van der Waals surface area contributed by atoms with Gasteiger partial charge in [-0.3, -0.25) is 9.36 Å². The number of halogens is 2. The number of hydrogen-bond acceptors (Lipinski definition) is 11. The fourth-order valence-corrected chi connectivity index (χ4v) is 8.36. The number of esters is 3. The molecule has 0 amide bonds. The number of pyridine rings is 1. The van der Waals surface area contributed by atoms with Gasteiger partial charge in [-0.25, -0.2) is 28.3 Å². The molecule has 15 heteroatoms. The van der Waals surface area contributed by atoms with Crippen LogP contribution in [0.25, 0.3) is 39.1 Å². The summed E-state index contributed by atoms with van der Waals surface area (Å²) in [5.74, 6) is -2.56. The Morgan fingerprint density at radius 1 is 0.701 bits per heavy atom. The Balaban J connectivity index is 1.33. The van der Waals surface area contributed by atoms with Gasteiger partial charge in [0.15, 0.2) is 28.9 Å². The van der Waals surface area contributed by atoms with E-state index in [0.29, 0.717) is 27.4 Å². The summed E-state index contributed by atoms with van der Waals surface area (Å²) in [4.78, 5) is 62.3. The van der Waals surface area contributed by atoms with E-state index in [9.17, 15) is 18.8 Å². The number of rotatable bonds is 12. The number of hydrogen-bond donors (Lipinski definition) is 0. The molecule has 2 aromatic heterocycles. The van der Waals surface area contributed by atoms with Crippen LogP contribution in [-0.2, 0) is 18.9 Å². The molecular formula is C52H37ClFN3O9S. The Kier molecular flexibility index (Phi) is 12.8. The molecule has 0 saturated carbocycles. The molecule has 6 aromatic carbocycles. The minimum atomic E-state index is -1.56. The van der Waals surface area contributed by atoms with Crippen LogP contribution in [0.4, 0.5) is 4.39 Å². The number of benzene rings is 6. The normalized spacial score (nSPS) is 16.6. The highest BCUT2D eigenvalue weighted by molar-refractivity contribution is 7.71. The Labute approximate surface area is 392 Å². The fraction of sp³-hybridized carbons (Fsp3) is 0.115. The lowest BCUT2D eigenvalue weighted by Crippen LogP contribution is -2.42. The first-order chi connectivity index (χ1) is 32.6. The van der Waals surface area contributed by atoms with E-state index in [-0.39, 0.29) is 43.9 Å². The number of fused-ring (bicyclic) bond motifs is 1. The Hall–Kier alpha value is -7.78. The van der Waals surface area contributed by atoms with Gasteiger partial charge in [0.1, 0.15) is 24.3 Å². The molecule has 8 aromatic rings. The summed E-state index contributed by atoms with van der Waals surface area (Å²) in [6, 6.07) is 45.4. The molecular weight excluding hydrogens is 897 g/mol. The maximum Gasteiger partial charge on any atom is 0.338 e. The predicted octanol–water partition coefficient (Wildman–Crippen LogP) is 10.3. The summed E-state index contributed by atoms with van der Waals surface area (Å²) in [7, 11) is 1.44. The van der Waals surface area contributed by atoms with Crippen molar-refractivity contribution in [1.29, 1.82) is 0 Å². The average Bonchev–Trinajstić information content (AvgIpc) is 3.68. The molecule has 0 N–H and O–H groups in total. The zero-order valence-electron chi connectivity index (χ0n) is 35.4. The first-order valence-corrected chi connectivity index (χ1v) is 21.7. The van der Waals surface area contributed by atoms with E-state index in [1.54, 1.807) is 146 Å². The molecule has 12 nitrogen and oxygen atoms in total. The first kappa shape index (κ1) is 44.4. The number of ether oxygens (including phenoxy) is 5. The van der Waals surface area contributed by atoms with Gasteiger partial charge in [-0.1, -0.05) is 103 Å². The van der Waals surface area contributed by atoms with Crippen LogP contribution in [-0.4, -0.2) is 64.1 Å². The van der Waals surface area contributed by atoms with Crippen LogP contribution >= 0.6 is 23.8 Å². The third kappa shape index (κ3) is 9.10. The topological polar surface area (TPSA) is 137 Å². The third-order valence-electron chi connectivity index (χ3n) is 11.1. The van der Waals surface area contributed by atoms with Crippen LogP contribution in [0.2, 0.25) is 5.02 Å². The zero-order chi connectivity index (χ0) is 46.6. The summed E-state index contributed by atoms with van der Waals surface area (Å²) in [6.07, 6.45) is -5.91. The van der Waals surface area contributed by atoms with Crippen molar-refractivity contribution in [3.05, 3.63) is 213 Å². The van der Waals surface area contributed by atoms with Crippen LogP contribution in [0, 0.1) is 10.6 Å². The number of methoxy groups -OCH3 is 1. The standard InChI is InChI=1S/C52H37ClFN3O9S/c1-62-41-20-12-11-19-40(41)56-47(58)43-38(31-23-27-37(54)28-24-31)29-39(32-21-25-36(53)26-22-32)55-46(43)57(52(56)67)48-45(66-51(61)35-17-9-4-10-18-35)44(65-50(60)34-15-7-3-8-16-34)42(64-48)30-63-49(59)33-13-5-2-6-14-33/h2-29,42,44-45,48H,30H2,1H3/t42-,44-,45-,48-/m1/s1. The van der Waals surface area contributed by atoms with Gasteiger partial charge >= 0.3 is 17.9 Å². The quantitative estimate of drug-likeness (QED) is 0.0658. The highest BCUT2D eigenvalue weighted by Crippen LogP contribution is 2.40. The van der Waals surface area contributed by atoms with Gasteiger partial charge < -0.3 is 23.7 Å². The fourth-order valence-electron chi connectivity index (χ4n) is 7.86. The van der Waals surface area contributed by atoms with Gasteiger partial charge in [-0.15, -0.1) is 0 Å². The van der Waals surface area contributed by atoms with E-state index < -0.39 is 60.4 Å². The third-order valence-corrected chi connectivity index (χ3v) is 11.7. The van der Waals surface area contributed by atoms with Crippen molar-refractivity contribution in [2.24, 2.45) is 0 Å². The molecule has 1 aliphatic heterocycles. The molecule has 0 spiro atoms. The molecule has 0 bridgehead atoms. The lowest BCUT2D eigenvalue weighted by Gasteiger charge is -2.27. The Morgan fingerprint density at radius 3 is 1.84 bits per heavy atom. The van der Waals surface area contributed by atoms with Crippen molar-refractivity contribution in [3.8, 4) is 33.8 Å². The van der Waals surface area contributed by atoms with Gasteiger partial charge in [0.05, 0.1) is 40.6 Å². The van der Waals surface area contributed by atoms with Gasteiger partial charge in [0.2, 0.25) is 0 Å². The van der Waals surface area contributed by atoms with E-state index in [1.807, 2.05) is 0 Å². The van der Waals surface area contributed by atoms with E-state index in [2.05, 4.69) is 0 Å². The first-order valence-electron chi connectivity index (χ1n) is 20.9. The SMILES string of the molecule is COc1ccccc1-n1c(=O)c2c(-c3ccc(F)cc3)cc(-c3ccc(Cl)cc3)nc2n([C@@H]2O[C@H](COC(=O)c3ccccc3)[C@@H](OC(=O)c3ccccc3)[C@H]2OC(=O)c2ccccc2)c1=S. The van der Waals surface area contributed by atoms with Crippen LogP contribution in [0.3, 0.4) is 0 Å². The maximum absolute atomic E-state index is 15.4. The highest BCUT2D eigenvalue weighted by atomic mass is 35.5. The number of aromatic nitrogens is 3. The molecule has 0 radical (unpaired) electrons. The summed E-state index contributed by atoms with van der Waals surface area (Å²) >= 11 is 12.6. The van der Waals surface area contributed by atoms with E-state index >= 15 is 4.79 Å². The van der Waals surface area contributed by atoms with Crippen LogP contribution in [0.1, 0.15) is 37.3 Å². The monoisotopic (exact) mass is 933 g/mol. The Morgan fingerprint density at radius 2 is 1.24 bits per heavy atom. The number of carbonyl (C=O) groups excluding carboxylic acids is 3. The summed E-state index contributed by atoms with van der Waals surface area (Å²) < 4.78 is 48.1. The second-order valence-corrected chi connectivity index (χ2v) is 16.0. The van der Waals surface area contributed by atoms with Gasteiger partial charge in [0.25, 0.3) is 5.56 Å². The average molecular weight is 934 g/mol. The van der Waals surface area contributed by atoms with Crippen LogP contribution in [0.15, 0.2) is 175 Å². The number of nitrogens with zero attached hydrogens (tertiary/aromatic N) is 3. The van der Waals surface area contributed by atoms with Gasteiger partial charge in [-0.05, 0) is 96.6 Å². The van der Waals surface area contributed by atoms with Crippen molar-refractivity contribution >= 4 is 52.8 Å². The van der Waals surface area contributed by atoms with Crippen molar-refractivity contribution < 1.29 is 42.5 Å². The van der Waals surface area contributed by atoms with E-state index in [0.717, 1.165) is 0 Å². The second kappa shape index (κ2) is 19.4. The molecule has 1 aliphatic rings.